The van der Waals surface area contributed by atoms with Crippen LogP contribution in [0.15, 0.2) is 30.5 Å². The van der Waals surface area contributed by atoms with Crippen LogP contribution in [0.3, 0.4) is 0 Å². The maximum Gasteiger partial charge on any atom is 0.387 e. The molecule has 1 aromatic heterocycles. The molecule has 0 unspecified atom stereocenters. The molecule has 0 radical (unpaired) electrons. The Kier molecular flexibility index (Phi) is 3.99. The van der Waals surface area contributed by atoms with E-state index in [2.05, 4.69) is 15.2 Å². The molecule has 0 saturated heterocycles. The molecule has 0 bridgehead atoms. The summed E-state index contributed by atoms with van der Waals surface area (Å²) in [4.78, 5) is 0. The van der Waals surface area contributed by atoms with Crippen LogP contribution in [0.5, 0.6) is 5.75 Å². The van der Waals surface area contributed by atoms with Crippen molar-refractivity contribution in [2.45, 2.75) is 20.1 Å². The predicted octanol–water partition coefficient (Wildman–Crippen LogP) is 2.94. The van der Waals surface area contributed by atoms with Crippen LogP contribution in [-0.4, -0.2) is 16.4 Å². The molecule has 19 heavy (non-hydrogen) atoms. The van der Waals surface area contributed by atoms with Gasteiger partial charge in [0.2, 0.25) is 0 Å². The van der Waals surface area contributed by atoms with Crippen LogP contribution in [0.1, 0.15) is 11.3 Å². The second-order valence-corrected chi connectivity index (χ2v) is 4.17. The molecule has 0 fully saturated rings. The van der Waals surface area contributed by atoms with Gasteiger partial charge in [0.05, 0.1) is 5.69 Å². The molecule has 0 aliphatic heterocycles. The third-order valence-corrected chi connectivity index (χ3v) is 2.68. The van der Waals surface area contributed by atoms with Crippen molar-refractivity contribution >= 4 is 5.69 Å². The van der Waals surface area contributed by atoms with E-state index >= 15 is 0 Å². The van der Waals surface area contributed by atoms with Crippen LogP contribution in [0.4, 0.5) is 14.5 Å². The zero-order valence-corrected chi connectivity index (χ0v) is 10.7. The number of rotatable bonds is 5. The number of hydrogen-bond acceptors (Lipinski definition) is 3. The van der Waals surface area contributed by atoms with Crippen molar-refractivity contribution in [2.24, 2.45) is 7.05 Å². The van der Waals surface area contributed by atoms with E-state index in [1.54, 1.807) is 16.8 Å². The average Bonchev–Trinajstić information content (AvgIpc) is 2.66. The Bertz CT molecular complexity index is 537. The molecule has 0 spiro atoms. The average molecular weight is 267 g/mol. The predicted molar refractivity (Wildman–Crippen MR) is 68.3 cm³/mol. The number of alkyl halides is 2. The third kappa shape index (κ3) is 3.67. The highest BCUT2D eigenvalue weighted by atomic mass is 19.3. The van der Waals surface area contributed by atoms with Gasteiger partial charge in [-0.15, -0.1) is 0 Å². The molecule has 0 aliphatic rings. The molecule has 1 N–H and O–H groups in total. The molecule has 0 amide bonds. The van der Waals surface area contributed by atoms with E-state index in [-0.39, 0.29) is 5.75 Å². The minimum absolute atomic E-state index is 0.151. The molecule has 0 atom stereocenters. The normalized spacial score (nSPS) is 10.8. The Morgan fingerprint density at radius 1 is 1.32 bits per heavy atom. The summed E-state index contributed by atoms with van der Waals surface area (Å²) in [6, 6.07) is 6.40. The number of benzene rings is 1. The standard InChI is InChI=1S/C13H15F2N3O/c1-9-10(8-18(2)17-9)7-16-11-3-5-12(6-4-11)19-13(14)15/h3-6,8,13,16H,7H2,1-2H3. The molecule has 2 aromatic rings. The number of aryl methyl sites for hydroxylation is 2. The van der Waals surface area contributed by atoms with Gasteiger partial charge >= 0.3 is 6.61 Å². The van der Waals surface area contributed by atoms with E-state index in [1.807, 2.05) is 20.2 Å². The zero-order valence-electron chi connectivity index (χ0n) is 10.7. The lowest BCUT2D eigenvalue weighted by Gasteiger charge is -2.07. The van der Waals surface area contributed by atoms with E-state index in [0.717, 1.165) is 16.9 Å². The first-order valence-corrected chi connectivity index (χ1v) is 5.82. The van der Waals surface area contributed by atoms with Crippen LogP contribution in [-0.2, 0) is 13.6 Å². The number of anilines is 1. The summed E-state index contributed by atoms with van der Waals surface area (Å²) in [5.41, 5.74) is 2.90. The maximum atomic E-state index is 12.0. The van der Waals surface area contributed by atoms with Gasteiger partial charge in [-0.25, -0.2) is 0 Å². The Morgan fingerprint density at radius 2 is 2.00 bits per heavy atom. The summed E-state index contributed by atoms with van der Waals surface area (Å²) in [6.45, 7) is -0.220. The van der Waals surface area contributed by atoms with Crippen molar-refractivity contribution in [1.29, 1.82) is 0 Å². The highest BCUT2D eigenvalue weighted by molar-refractivity contribution is 5.46. The number of hydrogen-bond donors (Lipinski definition) is 1. The molecule has 2 rings (SSSR count). The summed E-state index contributed by atoms with van der Waals surface area (Å²) >= 11 is 0. The van der Waals surface area contributed by atoms with E-state index in [1.165, 1.54) is 12.1 Å². The van der Waals surface area contributed by atoms with Crippen LogP contribution in [0.2, 0.25) is 0 Å². The second-order valence-electron chi connectivity index (χ2n) is 4.17. The third-order valence-electron chi connectivity index (χ3n) is 2.68. The van der Waals surface area contributed by atoms with Crippen molar-refractivity contribution in [3.63, 3.8) is 0 Å². The fraction of sp³-hybridized carbons (Fsp3) is 0.308. The van der Waals surface area contributed by atoms with Crippen LogP contribution in [0, 0.1) is 6.92 Å². The number of halogens is 2. The highest BCUT2D eigenvalue weighted by Crippen LogP contribution is 2.18. The number of ether oxygens (including phenoxy) is 1. The van der Waals surface area contributed by atoms with Gasteiger partial charge < -0.3 is 10.1 Å². The van der Waals surface area contributed by atoms with E-state index in [9.17, 15) is 8.78 Å². The first-order chi connectivity index (χ1) is 9.04. The molecule has 102 valence electrons. The molecule has 0 aliphatic carbocycles. The molecule has 0 saturated carbocycles. The number of nitrogens with zero attached hydrogens (tertiary/aromatic N) is 2. The van der Waals surface area contributed by atoms with Crippen LogP contribution in [0.25, 0.3) is 0 Å². The van der Waals surface area contributed by atoms with Crippen molar-refractivity contribution in [2.75, 3.05) is 5.32 Å². The van der Waals surface area contributed by atoms with E-state index in [0.29, 0.717) is 6.54 Å². The van der Waals surface area contributed by atoms with Gasteiger partial charge in [0, 0.05) is 31.0 Å². The van der Waals surface area contributed by atoms with Gasteiger partial charge in [-0.1, -0.05) is 0 Å². The van der Waals surface area contributed by atoms with Gasteiger partial charge in [-0.2, -0.15) is 13.9 Å². The van der Waals surface area contributed by atoms with Gasteiger partial charge in [0.1, 0.15) is 5.75 Å². The quantitative estimate of drug-likeness (QED) is 0.905. The van der Waals surface area contributed by atoms with Crippen molar-refractivity contribution in [1.82, 2.24) is 9.78 Å². The molecule has 6 heteroatoms. The second kappa shape index (κ2) is 5.69. The number of nitrogens with one attached hydrogen (secondary N) is 1. The fourth-order valence-electron chi connectivity index (χ4n) is 1.77. The minimum Gasteiger partial charge on any atom is -0.435 e. The topological polar surface area (TPSA) is 39.1 Å². The Morgan fingerprint density at radius 3 is 2.53 bits per heavy atom. The first kappa shape index (κ1) is 13.3. The summed E-state index contributed by atoms with van der Waals surface area (Å²) in [7, 11) is 1.87. The first-order valence-electron chi connectivity index (χ1n) is 5.82. The zero-order chi connectivity index (χ0) is 13.8. The molecular weight excluding hydrogens is 252 g/mol. The monoisotopic (exact) mass is 267 g/mol. The molecular formula is C13H15F2N3O. The van der Waals surface area contributed by atoms with Crippen LogP contribution >= 0.6 is 0 Å². The molecule has 1 heterocycles. The lowest BCUT2D eigenvalue weighted by Crippen LogP contribution is -2.02. The molecule has 4 nitrogen and oxygen atoms in total. The van der Waals surface area contributed by atoms with Crippen molar-refractivity contribution < 1.29 is 13.5 Å². The smallest absolute Gasteiger partial charge is 0.387 e. The van der Waals surface area contributed by atoms with E-state index in [4.69, 9.17) is 0 Å². The minimum atomic E-state index is -2.79. The molecule has 1 aromatic carbocycles. The van der Waals surface area contributed by atoms with Gasteiger partial charge in [-0.05, 0) is 31.2 Å². The lowest BCUT2D eigenvalue weighted by atomic mass is 10.2. The maximum absolute atomic E-state index is 12.0. The largest absolute Gasteiger partial charge is 0.435 e. The fourth-order valence-corrected chi connectivity index (χ4v) is 1.77. The SMILES string of the molecule is Cc1nn(C)cc1CNc1ccc(OC(F)F)cc1. The number of aromatic nitrogens is 2. The van der Waals surface area contributed by atoms with Gasteiger partial charge in [-0.3, -0.25) is 4.68 Å². The summed E-state index contributed by atoms with van der Waals surface area (Å²) in [6.07, 6.45) is 1.94. The van der Waals surface area contributed by atoms with Crippen molar-refractivity contribution in [3.8, 4) is 5.75 Å². The lowest BCUT2D eigenvalue weighted by molar-refractivity contribution is -0.0498. The Hall–Kier alpha value is -2.11. The van der Waals surface area contributed by atoms with Gasteiger partial charge in [0.15, 0.2) is 0 Å². The highest BCUT2D eigenvalue weighted by Gasteiger charge is 2.05. The van der Waals surface area contributed by atoms with Gasteiger partial charge in [0.25, 0.3) is 0 Å². The van der Waals surface area contributed by atoms with E-state index < -0.39 is 6.61 Å². The van der Waals surface area contributed by atoms with Crippen molar-refractivity contribution in [3.05, 3.63) is 41.7 Å². The summed E-state index contributed by atoms with van der Waals surface area (Å²) in [5, 5.41) is 7.44. The summed E-state index contributed by atoms with van der Waals surface area (Å²) < 4.78 is 30.0. The Labute approximate surface area is 110 Å². The van der Waals surface area contributed by atoms with Crippen LogP contribution < -0.4 is 10.1 Å². The summed E-state index contributed by atoms with van der Waals surface area (Å²) in [5.74, 6) is 0.151. The Balaban J connectivity index is 1.94.